The minimum absolute atomic E-state index is 0.123. The summed E-state index contributed by atoms with van der Waals surface area (Å²) in [6, 6.07) is 9.31. The highest BCUT2D eigenvalue weighted by Gasteiger charge is 2.27. The largest absolute Gasteiger partial charge is 0.493 e. The Kier molecular flexibility index (Phi) is 5.24. The van der Waals surface area contributed by atoms with Gasteiger partial charge in [0.15, 0.2) is 11.5 Å². The molecule has 1 aliphatic rings. The van der Waals surface area contributed by atoms with Gasteiger partial charge in [-0.3, -0.25) is 9.59 Å². The number of ether oxygens (including phenoxy) is 2. The maximum atomic E-state index is 13.0. The van der Waals surface area contributed by atoms with Gasteiger partial charge in [-0.25, -0.2) is 0 Å². The Morgan fingerprint density at radius 2 is 1.90 bits per heavy atom. The van der Waals surface area contributed by atoms with Crippen LogP contribution in [0.1, 0.15) is 59.3 Å². The van der Waals surface area contributed by atoms with Gasteiger partial charge in [0, 0.05) is 11.6 Å². The minimum Gasteiger partial charge on any atom is -0.493 e. The van der Waals surface area contributed by atoms with E-state index in [4.69, 9.17) is 9.47 Å². The Labute approximate surface area is 175 Å². The number of nitrogens with one attached hydrogen (secondary N) is 2. The SMILES string of the molecule is COc1cc2c(cc1OC)C(NC(=O)c1c[nH]c3c(C(C)C)cccc3c1=O)CC2. The highest BCUT2D eigenvalue weighted by atomic mass is 16.5. The van der Waals surface area contributed by atoms with Crippen LogP contribution in [0.2, 0.25) is 0 Å². The molecule has 2 aromatic carbocycles. The predicted molar refractivity (Wildman–Crippen MR) is 117 cm³/mol. The molecular formula is C24H26N2O4. The van der Waals surface area contributed by atoms with Gasteiger partial charge in [0.2, 0.25) is 5.43 Å². The van der Waals surface area contributed by atoms with Gasteiger partial charge in [-0.2, -0.15) is 0 Å². The zero-order valence-electron chi connectivity index (χ0n) is 17.7. The van der Waals surface area contributed by atoms with E-state index in [1.807, 2.05) is 24.3 Å². The Balaban J connectivity index is 1.66. The number of benzene rings is 2. The van der Waals surface area contributed by atoms with Crippen LogP contribution in [-0.2, 0) is 6.42 Å². The normalized spacial score (nSPS) is 15.3. The van der Waals surface area contributed by atoms with E-state index in [0.29, 0.717) is 16.9 Å². The van der Waals surface area contributed by atoms with Gasteiger partial charge in [-0.05, 0) is 53.6 Å². The third-order valence-electron chi connectivity index (χ3n) is 5.84. The lowest BCUT2D eigenvalue weighted by molar-refractivity contribution is 0.0935. The number of amides is 1. The van der Waals surface area contributed by atoms with E-state index in [9.17, 15) is 9.59 Å². The molecule has 0 saturated carbocycles. The van der Waals surface area contributed by atoms with Crippen LogP contribution >= 0.6 is 0 Å². The molecule has 3 aromatic rings. The molecule has 0 bridgehead atoms. The summed E-state index contributed by atoms with van der Waals surface area (Å²) in [6.07, 6.45) is 3.11. The van der Waals surface area contributed by atoms with Crippen LogP contribution in [0.5, 0.6) is 11.5 Å². The van der Waals surface area contributed by atoms with Crippen LogP contribution in [-0.4, -0.2) is 25.1 Å². The quantitative estimate of drug-likeness (QED) is 0.669. The first-order valence-electron chi connectivity index (χ1n) is 10.1. The summed E-state index contributed by atoms with van der Waals surface area (Å²) >= 11 is 0. The Morgan fingerprint density at radius 3 is 2.60 bits per heavy atom. The molecule has 1 unspecified atom stereocenters. The van der Waals surface area contributed by atoms with Crippen LogP contribution < -0.4 is 20.2 Å². The zero-order valence-corrected chi connectivity index (χ0v) is 17.7. The number of hydrogen-bond donors (Lipinski definition) is 2. The minimum atomic E-state index is -0.374. The van der Waals surface area contributed by atoms with Crippen LogP contribution in [0.15, 0.2) is 41.3 Å². The van der Waals surface area contributed by atoms with Crippen molar-refractivity contribution in [3.05, 3.63) is 69.0 Å². The molecule has 1 aromatic heterocycles. The second-order valence-corrected chi connectivity index (χ2v) is 7.93. The maximum Gasteiger partial charge on any atom is 0.257 e. The summed E-state index contributed by atoms with van der Waals surface area (Å²) < 4.78 is 10.8. The summed E-state index contributed by atoms with van der Waals surface area (Å²) in [5, 5.41) is 3.56. The van der Waals surface area contributed by atoms with Gasteiger partial charge in [0.1, 0.15) is 5.56 Å². The number of para-hydroxylation sites is 1. The van der Waals surface area contributed by atoms with Crippen molar-refractivity contribution < 1.29 is 14.3 Å². The lowest BCUT2D eigenvalue weighted by Crippen LogP contribution is -2.31. The average Bonchev–Trinajstić information content (AvgIpc) is 3.13. The standard InChI is InChI=1S/C24H26N2O4/c1-13(2)15-6-5-7-16-22(15)25-12-18(23(16)27)24(28)26-19-9-8-14-10-20(29-3)21(30-4)11-17(14)19/h5-7,10-13,19H,8-9H2,1-4H3,(H,25,27)(H,26,28). The number of carbonyl (C=O) groups excluding carboxylic acids is 1. The highest BCUT2D eigenvalue weighted by Crippen LogP contribution is 2.39. The molecule has 1 heterocycles. The molecule has 30 heavy (non-hydrogen) atoms. The van der Waals surface area contributed by atoms with Crippen molar-refractivity contribution in [3.63, 3.8) is 0 Å². The van der Waals surface area contributed by atoms with E-state index < -0.39 is 0 Å². The van der Waals surface area contributed by atoms with Crippen molar-refractivity contribution >= 4 is 16.8 Å². The molecule has 1 amide bonds. The molecule has 4 rings (SSSR count). The van der Waals surface area contributed by atoms with Crippen molar-refractivity contribution in [1.29, 1.82) is 0 Å². The molecule has 2 N–H and O–H groups in total. The second-order valence-electron chi connectivity index (χ2n) is 7.93. The maximum absolute atomic E-state index is 13.0. The fourth-order valence-corrected chi connectivity index (χ4v) is 4.24. The fraction of sp³-hybridized carbons (Fsp3) is 0.333. The van der Waals surface area contributed by atoms with Crippen LogP contribution in [0.25, 0.3) is 10.9 Å². The van der Waals surface area contributed by atoms with Crippen LogP contribution in [0.4, 0.5) is 0 Å². The first-order chi connectivity index (χ1) is 14.4. The number of H-pyrrole nitrogens is 1. The number of methoxy groups -OCH3 is 2. The third-order valence-corrected chi connectivity index (χ3v) is 5.84. The average molecular weight is 406 g/mol. The summed E-state index contributed by atoms with van der Waals surface area (Å²) in [6.45, 7) is 4.16. The van der Waals surface area contributed by atoms with Crippen LogP contribution in [0, 0.1) is 0 Å². The summed E-state index contributed by atoms with van der Waals surface area (Å²) in [5.41, 5.74) is 3.83. The molecule has 6 heteroatoms. The van der Waals surface area contributed by atoms with E-state index in [1.54, 1.807) is 20.3 Å². The second kappa shape index (κ2) is 7.86. The summed E-state index contributed by atoms with van der Waals surface area (Å²) in [4.78, 5) is 29.2. The summed E-state index contributed by atoms with van der Waals surface area (Å²) in [5.74, 6) is 1.20. The smallest absolute Gasteiger partial charge is 0.257 e. The molecule has 0 radical (unpaired) electrons. The molecule has 0 spiro atoms. The van der Waals surface area contributed by atoms with Crippen LogP contribution in [0.3, 0.4) is 0 Å². The lowest BCUT2D eigenvalue weighted by atomic mass is 9.98. The molecule has 0 fully saturated rings. The van der Waals surface area contributed by atoms with Gasteiger partial charge in [-0.15, -0.1) is 0 Å². The molecule has 0 aliphatic heterocycles. The van der Waals surface area contributed by atoms with Crippen molar-refractivity contribution in [3.8, 4) is 11.5 Å². The molecule has 1 aliphatic carbocycles. The van der Waals surface area contributed by atoms with E-state index in [-0.39, 0.29) is 28.9 Å². The predicted octanol–water partition coefficient (Wildman–Crippen LogP) is 4.09. The molecular weight excluding hydrogens is 380 g/mol. The van der Waals surface area contributed by atoms with E-state index in [0.717, 1.165) is 35.0 Å². The van der Waals surface area contributed by atoms with Crippen molar-refractivity contribution in [2.45, 2.75) is 38.6 Å². The van der Waals surface area contributed by atoms with Gasteiger partial charge in [0.05, 0.1) is 25.8 Å². The number of pyridine rings is 1. The number of fused-ring (bicyclic) bond motifs is 2. The molecule has 0 saturated heterocycles. The molecule has 1 atom stereocenters. The first-order valence-corrected chi connectivity index (χ1v) is 10.1. The molecule has 156 valence electrons. The number of aryl methyl sites for hydroxylation is 1. The highest BCUT2D eigenvalue weighted by molar-refractivity contribution is 5.97. The summed E-state index contributed by atoms with van der Waals surface area (Å²) in [7, 11) is 3.20. The number of carbonyl (C=O) groups is 1. The number of aromatic nitrogens is 1. The first kappa shape index (κ1) is 20.0. The molecule has 6 nitrogen and oxygen atoms in total. The number of aromatic amines is 1. The fourth-order valence-electron chi connectivity index (χ4n) is 4.24. The Morgan fingerprint density at radius 1 is 1.17 bits per heavy atom. The monoisotopic (exact) mass is 406 g/mol. The Hall–Kier alpha value is -3.28. The van der Waals surface area contributed by atoms with Gasteiger partial charge < -0.3 is 19.8 Å². The topological polar surface area (TPSA) is 80.4 Å². The zero-order chi connectivity index (χ0) is 21.4. The number of rotatable bonds is 5. The van der Waals surface area contributed by atoms with Crippen molar-refractivity contribution in [2.24, 2.45) is 0 Å². The van der Waals surface area contributed by atoms with E-state index >= 15 is 0 Å². The Bertz CT molecular complexity index is 1180. The van der Waals surface area contributed by atoms with Crippen molar-refractivity contribution in [1.82, 2.24) is 10.3 Å². The van der Waals surface area contributed by atoms with E-state index in [1.165, 1.54) is 6.20 Å². The lowest BCUT2D eigenvalue weighted by Gasteiger charge is -2.16. The van der Waals surface area contributed by atoms with Crippen molar-refractivity contribution in [2.75, 3.05) is 14.2 Å². The number of hydrogen-bond acceptors (Lipinski definition) is 4. The third kappa shape index (κ3) is 3.32. The van der Waals surface area contributed by atoms with Gasteiger partial charge in [0.25, 0.3) is 5.91 Å². The van der Waals surface area contributed by atoms with Gasteiger partial charge in [-0.1, -0.05) is 26.0 Å². The van der Waals surface area contributed by atoms with E-state index in [2.05, 4.69) is 24.1 Å². The van der Waals surface area contributed by atoms with Gasteiger partial charge >= 0.3 is 0 Å².